The van der Waals surface area contributed by atoms with Gasteiger partial charge in [0.25, 0.3) is 0 Å². The second-order valence-corrected chi connectivity index (χ2v) is 5.80. The number of aromatic nitrogens is 3. The van der Waals surface area contributed by atoms with Crippen molar-refractivity contribution in [3.8, 4) is 0 Å². The first-order valence-electron chi connectivity index (χ1n) is 7.57. The van der Waals surface area contributed by atoms with Crippen LogP contribution in [0.25, 0.3) is 0 Å². The molecule has 1 aliphatic heterocycles. The third kappa shape index (κ3) is 3.29. The van der Waals surface area contributed by atoms with Crippen molar-refractivity contribution in [2.75, 3.05) is 19.6 Å². The maximum Gasteiger partial charge on any atom is 0.240 e. The van der Waals surface area contributed by atoms with Crippen LogP contribution in [0.1, 0.15) is 42.1 Å². The molecule has 4 rings (SSSR count). The Bertz CT molecular complexity index is 601. The highest BCUT2D eigenvalue weighted by molar-refractivity contribution is 5.85. The number of hydrogen-bond donors (Lipinski definition) is 1. The predicted octanol–water partition coefficient (Wildman–Crippen LogP) is 1.91. The van der Waals surface area contributed by atoms with Crippen molar-refractivity contribution in [3.63, 3.8) is 0 Å². The number of hydrogen-bond acceptors (Lipinski definition) is 6. The zero-order chi connectivity index (χ0) is 14.1. The fraction of sp³-hybridized carbons (Fsp3) is 0.533. The zero-order valence-corrected chi connectivity index (χ0v) is 13.1. The van der Waals surface area contributed by atoms with Gasteiger partial charge in [-0.25, -0.2) is 0 Å². The van der Waals surface area contributed by atoms with Gasteiger partial charge in [0, 0.05) is 44.0 Å². The smallest absolute Gasteiger partial charge is 0.240 e. The summed E-state index contributed by atoms with van der Waals surface area (Å²) in [5.74, 6) is 2.16. The predicted molar refractivity (Wildman–Crippen MR) is 83.8 cm³/mol. The molecule has 0 radical (unpaired) electrons. The summed E-state index contributed by atoms with van der Waals surface area (Å²) in [6.07, 6.45) is 6.15. The van der Waals surface area contributed by atoms with Crippen LogP contribution in [0.2, 0.25) is 0 Å². The molecule has 1 saturated carbocycles. The Balaban J connectivity index is 0.00000144. The summed E-state index contributed by atoms with van der Waals surface area (Å²) < 4.78 is 5.41. The van der Waals surface area contributed by atoms with Crippen molar-refractivity contribution in [3.05, 3.63) is 41.8 Å². The van der Waals surface area contributed by atoms with E-state index in [2.05, 4.69) is 31.4 Å². The quantitative estimate of drug-likeness (QED) is 0.928. The first kappa shape index (κ1) is 15.4. The van der Waals surface area contributed by atoms with E-state index in [0.29, 0.717) is 18.5 Å². The molecule has 22 heavy (non-hydrogen) atoms. The molecule has 3 heterocycles. The Kier molecular flexibility index (Phi) is 4.71. The lowest BCUT2D eigenvalue weighted by atomic mass is 10.1. The molecule has 118 valence electrons. The van der Waals surface area contributed by atoms with E-state index in [0.717, 1.165) is 31.3 Å². The minimum atomic E-state index is 0. The van der Waals surface area contributed by atoms with Crippen LogP contribution in [-0.2, 0) is 6.54 Å². The van der Waals surface area contributed by atoms with E-state index >= 15 is 0 Å². The maximum atomic E-state index is 5.41. The number of piperazine rings is 1. The normalized spacial score (nSPS) is 22.3. The summed E-state index contributed by atoms with van der Waals surface area (Å²) in [5.41, 5.74) is 1.23. The SMILES string of the molecule is Cl.c1cncc(C2CNCCN2Cc2nc(C3CC3)no2)c1. The van der Waals surface area contributed by atoms with Gasteiger partial charge in [-0.3, -0.25) is 9.88 Å². The average molecular weight is 322 g/mol. The Morgan fingerprint density at radius 1 is 1.36 bits per heavy atom. The Hall–Kier alpha value is -1.50. The maximum absolute atomic E-state index is 5.41. The van der Waals surface area contributed by atoms with Gasteiger partial charge in [0.05, 0.1) is 6.54 Å². The van der Waals surface area contributed by atoms with E-state index in [1.165, 1.54) is 18.4 Å². The summed E-state index contributed by atoms with van der Waals surface area (Å²) in [4.78, 5) is 11.2. The van der Waals surface area contributed by atoms with Gasteiger partial charge in [-0.15, -0.1) is 12.4 Å². The summed E-state index contributed by atoms with van der Waals surface area (Å²) >= 11 is 0. The van der Waals surface area contributed by atoms with Crippen LogP contribution in [-0.4, -0.2) is 39.7 Å². The highest BCUT2D eigenvalue weighted by atomic mass is 35.5. The standard InChI is InChI=1S/C15H19N5O.ClH/c1-2-12(8-16-5-1)13-9-17-6-7-20(13)10-14-18-15(19-21-14)11-3-4-11;/h1-2,5,8,11,13,17H,3-4,6-7,9-10H2;1H. The average Bonchev–Trinajstić information content (AvgIpc) is 3.29. The molecule has 6 nitrogen and oxygen atoms in total. The van der Waals surface area contributed by atoms with Crippen molar-refractivity contribution in [1.29, 1.82) is 0 Å². The van der Waals surface area contributed by atoms with Crippen LogP contribution in [0.3, 0.4) is 0 Å². The number of pyridine rings is 1. The molecule has 1 atom stereocenters. The van der Waals surface area contributed by atoms with Gasteiger partial charge < -0.3 is 9.84 Å². The van der Waals surface area contributed by atoms with Gasteiger partial charge in [-0.1, -0.05) is 11.2 Å². The molecule has 1 saturated heterocycles. The molecule has 0 bridgehead atoms. The van der Waals surface area contributed by atoms with E-state index in [9.17, 15) is 0 Å². The van der Waals surface area contributed by atoms with E-state index in [1.807, 2.05) is 18.5 Å². The monoisotopic (exact) mass is 321 g/mol. The first-order valence-corrected chi connectivity index (χ1v) is 7.57. The van der Waals surface area contributed by atoms with Crippen LogP contribution < -0.4 is 5.32 Å². The largest absolute Gasteiger partial charge is 0.338 e. The fourth-order valence-corrected chi connectivity index (χ4v) is 2.85. The van der Waals surface area contributed by atoms with Crippen molar-refractivity contribution in [1.82, 2.24) is 25.3 Å². The lowest BCUT2D eigenvalue weighted by Crippen LogP contribution is -2.45. The molecular formula is C15H20ClN5O. The third-order valence-corrected chi connectivity index (χ3v) is 4.19. The van der Waals surface area contributed by atoms with Crippen LogP contribution in [0, 0.1) is 0 Å². The van der Waals surface area contributed by atoms with Gasteiger partial charge in [0.15, 0.2) is 5.82 Å². The molecule has 0 spiro atoms. The number of nitrogens with one attached hydrogen (secondary N) is 1. The minimum absolute atomic E-state index is 0. The lowest BCUT2D eigenvalue weighted by Gasteiger charge is -2.35. The first-order chi connectivity index (χ1) is 10.4. The summed E-state index contributed by atoms with van der Waals surface area (Å²) in [6, 6.07) is 4.42. The Morgan fingerprint density at radius 2 is 2.27 bits per heavy atom. The Labute approximate surface area is 135 Å². The fourth-order valence-electron chi connectivity index (χ4n) is 2.85. The number of nitrogens with zero attached hydrogens (tertiary/aromatic N) is 4. The topological polar surface area (TPSA) is 67.1 Å². The third-order valence-electron chi connectivity index (χ3n) is 4.19. The van der Waals surface area contributed by atoms with Gasteiger partial charge in [0.1, 0.15) is 0 Å². The lowest BCUT2D eigenvalue weighted by molar-refractivity contribution is 0.135. The number of rotatable bonds is 4. The van der Waals surface area contributed by atoms with E-state index in [1.54, 1.807) is 0 Å². The van der Waals surface area contributed by atoms with Crippen molar-refractivity contribution in [2.45, 2.75) is 31.3 Å². The summed E-state index contributed by atoms with van der Waals surface area (Å²) in [7, 11) is 0. The molecule has 7 heteroatoms. The Morgan fingerprint density at radius 3 is 3.05 bits per heavy atom. The summed E-state index contributed by atoms with van der Waals surface area (Å²) in [6.45, 7) is 3.59. The van der Waals surface area contributed by atoms with Gasteiger partial charge in [0.2, 0.25) is 5.89 Å². The van der Waals surface area contributed by atoms with Crippen LogP contribution >= 0.6 is 12.4 Å². The molecule has 1 aliphatic carbocycles. The molecule has 2 aliphatic rings. The highest BCUT2D eigenvalue weighted by Crippen LogP contribution is 2.38. The van der Waals surface area contributed by atoms with E-state index < -0.39 is 0 Å². The van der Waals surface area contributed by atoms with Crippen LogP contribution in [0.4, 0.5) is 0 Å². The second kappa shape index (κ2) is 6.73. The van der Waals surface area contributed by atoms with Crippen molar-refractivity contribution >= 4 is 12.4 Å². The van der Waals surface area contributed by atoms with Gasteiger partial charge in [-0.05, 0) is 24.5 Å². The molecule has 0 amide bonds. The van der Waals surface area contributed by atoms with Crippen LogP contribution in [0.5, 0.6) is 0 Å². The highest BCUT2D eigenvalue weighted by Gasteiger charge is 2.30. The molecule has 0 aromatic carbocycles. The molecular weight excluding hydrogens is 302 g/mol. The van der Waals surface area contributed by atoms with E-state index in [4.69, 9.17) is 4.52 Å². The van der Waals surface area contributed by atoms with Gasteiger partial charge >= 0.3 is 0 Å². The zero-order valence-electron chi connectivity index (χ0n) is 12.3. The molecule has 1 N–H and O–H groups in total. The van der Waals surface area contributed by atoms with Gasteiger partial charge in [-0.2, -0.15) is 4.98 Å². The molecule has 2 fully saturated rings. The minimum Gasteiger partial charge on any atom is -0.338 e. The van der Waals surface area contributed by atoms with E-state index in [-0.39, 0.29) is 12.4 Å². The second-order valence-electron chi connectivity index (χ2n) is 5.80. The van der Waals surface area contributed by atoms with Crippen LogP contribution in [0.15, 0.2) is 29.0 Å². The molecule has 2 aromatic heterocycles. The molecule has 1 unspecified atom stereocenters. The van der Waals surface area contributed by atoms with Crippen molar-refractivity contribution < 1.29 is 4.52 Å². The number of halogens is 1. The summed E-state index contributed by atoms with van der Waals surface area (Å²) in [5, 5.41) is 7.55. The molecule has 2 aromatic rings. The van der Waals surface area contributed by atoms with Crippen molar-refractivity contribution in [2.24, 2.45) is 0 Å².